The van der Waals surface area contributed by atoms with Gasteiger partial charge in [-0.1, -0.05) is 6.92 Å². The van der Waals surface area contributed by atoms with Crippen LogP contribution in [0, 0.1) is 34.8 Å². The van der Waals surface area contributed by atoms with E-state index in [1.807, 2.05) is 12.1 Å². The van der Waals surface area contributed by atoms with Crippen molar-refractivity contribution in [1.29, 1.82) is 5.26 Å². The molecule has 16 nitrogen and oxygen atoms in total. The highest BCUT2D eigenvalue weighted by Gasteiger charge is 2.44. The number of urea groups is 1. The molecular formula is C43H46F2N10O6S. The predicted octanol–water partition coefficient (Wildman–Crippen LogP) is 5.89. The van der Waals surface area contributed by atoms with Gasteiger partial charge in [-0.2, -0.15) is 23.1 Å². The summed E-state index contributed by atoms with van der Waals surface area (Å²) < 4.78 is 68.8. The van der Waals surface area contributed by atoms with E-state index in [9.17, 15) is 28.1 Å². The Balaban J connectivity index is 0.846. The second-order valence-electron chi connectivity index (χ2n) is 16.9. The number of nitrogens with one attached hydrogen (secondary N) is 2. The van der Waals surface area contributed by atoms with Crippen LogP contribution in [0.4, 0.5) is 25.1 Å². The minimum Gasteiger partial charge on any atom is -0.453 e. The van der Waals surface area contributed by atoms with Crippen molar-refractivity contribution in [3.8, 4) is 17.6 Å². The lowest BCUT2D eigenvalue weighted by Crippen LogP contribution is -2.49. The monoisotopic (exact) mass is 868 g/mol. The van der Waals surface area contributed by atoms with Crippen molar-refractivity contribution in [3.63, 3.8) is 0 Å². The smallest absolute Gasteiger partial charge is 0.329 e. The molecule has 2 aliphatic carbocycles. The number of carbonyl (C=O) groups is 2. The zero-order valence-electron chi connectivity index (χ0n) is 34.5. The molecule has 4 fully saturated rings. The van der Waals surface area contributed by atoms with Crippen molar-refractivity contribution in [2.75, 3.05) is 42.8 Å². The number of nitrogens with zero attached hydrogens (tertiary/aromatic N) is 8. The molecule has 0 spiro atoms. The second-order valence-corrected chi connectivity index (χ2v) is 18.6. The van der Waals surface area contributed by atoms with E-state index in [0.29, 0.717) is 40.2 Å². The highest BCUT2D eigenvalue weighted by molar-refractivity contribution is 7.90. The molecule has 5 aromatic rings. The normalized spacial score (nSPS) is 23.2. The maximum absolute atomic E-state index is 15.8. The van der Waals surface area contributed by atoms with E-state index in [0.717, 1.165) is 73.6 Å². The van der Waals surface area contributed by atoms with Crippen LogP contribution >= 0.6 is 0 Å². The van der Waals surface area contributed by atoms with Crippen molar-refractivity contribution in [3.05, 3.63) is 81.9 Å². The van der Waals surface area contributed by atoms with Crippen LogP contribution in [-0.2, 0) is 22.1 Å². The molecule has 2 aliphatic heterocycles. The van der Waals surface area contributed by atoms with E-state index in [1.165, 1.54) is 30.1 Å². The fourth-order valence-corrected chi connectivity index (χ4v) is 10.9. The molecule has 3 aromatic carbocycles. The van der Waals surface area contributed by atoms with Gasteiger partial charge < -0.3 is 4.74 Å². The number of fused-ring (bicyclic) bond motifs is 3. The summed E-state index contributed by atoms with van der Waals surface area (Å²) >= 11 is 0. The molecule has 0 bridgehead atoms. The summed E-state index contributed by atoms with van der Waals surface area (Å²) in [6, 6.07) is 11.7. The first-order chi connectivity index (χ1) is 29.7. The molecule has 3 atom stereocenters. The number of amides is 3. The molecule has 2 aromatic heterocycles. The van der Waals surface area contributed by atoms with Gasteiger partial charge in [-0.25, -0.2) is 18.6 Å². The molecule has 4 heterocycles. The highest BCUT2D eigenvalue weighted by Crippen LogP contribution is 2.47. The lowest BCUT2D eigenvalue weighted by molar-refractivity contribution is -0.120. The van der Waals surface area contributed by atoms with Gasteiger partial charge in [0.15, 0.2) is 17.4 Å². The summed E-state index contributed by atoms with van der Waals surface area (Å²) in [4.78, 5) is 46.7. The van der Waals surface area contributed by atoms with Crippen molar-refractivity contribution >= 4 is 55.5 Å². The van der Waals surface area contributed by atoms with Crippen LogP contribution in [0.5, 0.6) is 11.5 Å². The summed E-state index contributed by atoms with van der Waals surface area (Å²) in [5.74, 6) is -0.727. The summed E-state index contributed by atoms with van der Waals surface area (Å²) in [5, 5.41) is 17.6. The van der Waals surface area contributed by atoms with E-state index in [1.54, 1.807) is 35.6 Å². The lowest BCUT2D eigenvalue weighted by Gasteiger charge is -2.35. The average Bonchev–Trinajstić information content (AvgIpc) is 3.93. The number of hydrogen-bond donors (Lipinski definition) is 2. The van der Waals surface area contributed by atoms with Gasteiger partial charge in [-0.05, 0) is 104 Å². The Labute approximate surface area is 356 Å². The van der Waals surface area contributed by atoms with Gasteiger partial charge in [0.25, 0.3) is 5.56 Å². The largest absolute Gasteiger partial charge is 0.453 e. The number of benzene rings is 3. The summed E-state index contributed by atoms with van der Waals surface area (Å²) in [6.45, 7) is 3.85. The van der Waals surface area contributed by atoms with Crippen LogP contribution in [0.1, 0.15) is 75.0 Å². The van der Waals surface area contributed by atoms with Gasteiger partial charge in [0.1, 0.15) is 23.2 Å². The number of aromatic nitrogens is 4. The first kappa shape index (κ1) is 41.4. The van der Waals surface area contributed by atoms with Crippen molar-refractivity contribution in [1.82, 2.24) is 33.9 Å². The standard InChI is InChI=1S/C43H46F2N10O6S/c1-4-51(2)62(59,60)50-37-12-10-34(44)40(33(37)20-46)61-29-9-11-36-31(17-29)42(57)55(23-47-36)28-15-25-21-53(22-26(25)16-28)27-7-5-24(6-8-27)30-19-38-32(18-35(30)45)41(49-52(38)3)54-14-13-39(56)48-43(54)58/h9-12,17-19,23-28,50H,4-8,13-16,21-22H2,1-3H3,(H,48,56,58)/t24?,25-,26+,27?,28?. The third-order valence-electron chi connectivity index (χ3n) is 13.3. The van der Waals surface area contributed by atoms with Crippen molar-refractivity contribution in [2.24, 2.45) is 18.9 Å². The van der Waals surface area contributed by atoms with E-state index in [2.05, 4.69) is 25.0 Å². The molecule has 0 radical (unpaired) electrons. The highest BCUT2D eigenvalue weighted by atomic mass is 32.2. The number of likely N-dealkylation sites (tertiary alicyclic amines) is 1. The Morgan fingerprint density at radius 2 is 1.73 bits per heavy atom. The number of rotatable bonds is 10. The summed E-state index contributed by atoms with van der Waals surface area (Å²) in [7, 11) is -0.875. The van der Waals surface area contributed by atoms with Gasteiger partial charge in [0.05, 0.1) is 28.4 Å². The Morgan fingerprint density at radius 1 is 0.984 bits per heavy atom. The molecule has 3 amide bonds. The average molecular weight is 869 g/mol. The van der Waals surface area contributed by atoms with Crippen LogP contribution in [0.3, 0.4) is 0 Å². The molecule has 4 aliphatic rings. The molecule has 2 saturated carbocycles. The van der Waals surface area contributed by atoms with E-state index >= 15 is 8.78 Å². The number of carbonyl (C=O) groups excluding carboxylic acids is 2. The third kappa shape index (κ3) is 7.43. The zero-order chi connectivity index (χ0) is 43.6. The van der Waals surface area contributed by atoms with Crippen molar-refractivity contribution in [2.45, 2.75) is 69.9 Å². The first-order valence-corrected chi connectivity index (χ1v) is 22.3. The number of nitriles is 1. The molecule has 2 saturated heterocycles. The van der Waals surface area contributed by atoms with Crippen LogP contribution in [0.25, 0.3) is 21.8 Å². The molecule has 9 rings (SSSR count). The zero-order valence-corrected chi connectivity index (χ0v) is 35.3. The predicted molar refractivity (Wildman–Crippen MR) is 226 cm³/mol. The maximum Gasteiger partial charge on any atom is 0.329 e. The maximum atomic E-state index is 15.8. The van der Waals surface area contributed by atoms with Crippen molar-refractivity contribution < 1.29 is 31.5 Å². The van der Waals surface area contributed by atoms with E-state index in [-0.39, 0.29) is 71.1 Å². The molecule has 19 heteroatoms. The Bertz CT molecular complexity index is 2840. The number of ether oxygens (including phenoxy) is 1. The second kappa shape index (κ2) is 16.1. The molecule has 2 N–H and O–H groups in total. The van der Waals surface area contributed by atoms with Crippen LogP contribution in [-0.4, -0.2) is 88.2 Å². The Kier molecular flexibility index (Phi) is 10.7. The molecule has 324 valence electrons. The minimum absolute atomic E-state index is 0.0531. The molecule has 62 heavy (non-hydrogen) atoms. The van der Waals surface area contributed by atoms with Gasteiger partial charge in [0, 0.05) is 64.2 Å². The third-order valence-corrected chi connectivity index (χ3v) is 14.9. The number of hydrogen-bond acceptors (Lipinski definition) is 10. The fraction of sp³-hybridized carbons (Fsp3) is 0.442. The molecule has 1 unspecified atom stereocenters. The van der Waals surface area contributed by atoms with Gasteiger partial charge >= 0.3 is 16.2 Å². The number of halogens is 2. The van der Waals surface area contributed by atoms with Crippen LogP contribution in [0.15, 0.2) is 53.6 Å². The quantitative estimate of drug-likeness (QED) is 0.171. The van der Waals surface area contributed by atoms with Gasteiger partial charge in [0.2, 0.25) is 5.91 Å². The topological polar surface area (TPSA) is 188 Å². The SMILES string of the molecule is CCN(C)S(=O)(=O)Nc1ccc(F)c(Oc2ccc3ncn(C4C[C@@H]5CN(C6CCC(c7cc8c(cc7F)c(N7CCC(=O)NC7=O)nn8C)CC6)C[C@@H]5C4)c(=O)c3c2)c1C#N. The van der Waals surface area contributed by atoms with Gasteiger partial charge in [-0.3, -0.25) is 38.7 Å². The fourth-order valence-electron chi connectivity index (χ4n) is 9.93. The van der Waals surface area contributed by atoms with Crippen LogP contribution < -0.4 is 25.2 Å². The Hall–Kier alpha value is -5.97. The minimum atomic E-state index is -4.01. The summed E-state index contributed by atoms with van der Waals surface area (Å²) in [6.07, 6.45) is 6.95. The lowest BCUT2D eigenvalue weighted by atomic mass is 9.80. The number of anilines is 2. The number of aryl methyl sites for hydroxylation is 1. The Morgan fingerprint density at radius 3 is 2.42 bits per heavy atom. The van der Waals surface area contributed by atoms with E-state index < -0.39 is 27.8 Å². The van der Waals surface area contributed by atoms with Gasteiger partial charge in [-0.15, -0.1) is 0 Å². The summed E-state index contributed by atoms with van der Waals surface area (Å²) in [5.41, 5.74) is 1.07. The number of imide groups is 1. The van der Waals surface area contributed by atoms with Crippen LogP contribution in [0.2, 0.25) is 0 Å². The van der Waals surface area contributed by atoms with E-state index in [4.69, 9.17) is 4.74 Å². The molecular weight excluding hydrogens is 823 g/mol. The first-order valence-electron chi connectivity index (χ1n) is 20.9.